The Kier molecular flexibility index (Phi) is 5.61. The van der Waals surface area contributed by atoms with E-state index in [0.717, 1.165) is 15.6 Å². The Bertz CT molecular complexity index is 881. The number of halogens is 2. The van der Waals surface area contributed by atoms with E-state index in [4.69, 9.17) is 23.2 Å². The van der Waals surface area contributed by atoms with Crippen molar-refractivity contribution in [3.05, 3.63) is 33.6 Å². The van der Waals surface area contributed by atoms with Gasteiger partial charge < -0.3 is 15.7 Å². The summed E-state index contributed by atoms with van der Waals surface area (Å²) in [4.78, 5) is 12.0. The number of nitrogens with zero attached hydrogens (tertiary/aromatic N) is 1. The minimum absolute atomic E-state index is 0.0314. The summed E-state index contributed by atoms with van der Waals surface area (Å²) < 4.78 is 24.8. The number of hydrogen-bond donors (Lipinski definition) is 3. The molecule has 0 bridgehead atoms. The summed E-state index contributed by atoms with van der Waals surface area (Å²) in [7, 11) is -1.12. The number of urea groups is 1. The Morgan fingerprint density at radius 3 is 2.46 bits per heavy atom. The molecule has 1 aromatic heterocycles. The van der Waals surface area contributed by atoms with Gasteiger partial charge in [-0.15, -0.1) is 11.3 Å². The summed E-state index contributed by atoms with van der Waals surface area (Å²) in [6.07, 6.45) is 0. The summed E-state index contributed by atoms with van der Waals surface area (Å²) in [5.41, 5.74) is 0.244. The monoisotopic (exact) mass is 409 g/mol. The van der Waals surface area contributed by atoms with Crippen molar-refractivity contribution in [2.24, 2.45) is 0 Å². The van der Waals surface area contributed by atoms with Crippen LogP contribution in [-0.4, -0.2) is 38.0 Å². The van der Waals surface area contributed by atoms with Crippen LogP contribution < -0.4 is 10.6 Å². The Labute approximate surface area is 152 Å². The molecule has 0 saturated carbocycles. The molecule has 3 N–H and O–H groups in total. The second-order valence-corrected chi connectivity index (χ2v) is 8.77. The maximum atomic E-state index is 12.0. The first-order valence-corrected chi connectivity index (χ1v) is 9.47. The third kappa shape index (κ3) is 3.76. The number of benzene rings is 1. The first-order valence-electron chi connectivity index (χ1n) is 6.39. The normalized spacial score (nSPS) is 11.5. The maximum absolute atomic E-state index is 12.0. The third-order valence-electron chi connectivity index (χ3n) is 2.90. The van der Waals surface area contributed by atoms with E-state index in [1.807, 2.05) is 0 Å². The summed E-state index contributed by atoms with van der Waals surface area (Å²) >= 11 is 12.6. The van der Waals surface area contributed by atoms with Gasteiger partial charge in [-0.3, -0.25) is 0 Å². The molecule has 7 nitrogen and oxygen atoms in total. The molecule has 1 heterocycles. The number of sulfonamides is 1. The molecule has 0 aliphatic rings. The lowest BCUT2D eigenvalue weighted by Crippen LogP contribution is -2.21. The molecule has 2 amide bonds. The van der Waals surface area contributed by atoms with E-state index in [1.54, 1.807) is 18.2 Å². The van der Waals surface area contributed by atoms with E-state index in [1.165, 1.54) is 19.5 Å². The summed E-state index contributed by atoms with van der Waals surface area (Å²) in [5, 5.41) is 16.6. The van der Waals surface area contributed by atoms with Crippen LogP contribution in [0.15, 0.2) is 27.8 Å². The van der Waals surface area contributed by atoms with Gasteiger partial charge in [-0.1, -0.05) is 29.3 Å². The molecule has 0 radical (unpaired) electrons. The zero-order valence-corrected chi connectivity index (χ0v) is 15.6. The molecule has 0 unspecified atom stereocenters. The Hall–Kier alpha value is -1.52. The van der Waals surface area contributed by atoms with Crippen molar-refractivity contribution in [1.29, 1.82) is 0 Å². The van der Waals surface area contributed by atoms with Crippen LogP contribution in [0.4, 0.5) is 16.2 Å². The third-order valence-corrected chi connectivity index (χ3v) is 7.02. The van der Waals surface area contributed by atoms with Crippen LogP contribution in [0.2, 0.25) is 10.0 Å². The summed E-state index contributed by atoms with van der Waals surface area (Å²) in [6.45, 7) is 0. The minimum Gasteiger partial charge on any atom is -0.504 e. The van der Waals surface area contributed by atoms with Crippen molar-refractivity contribution in [3.63, 3.8) is 0 Å². The predicted molar refractivity (Wildman–Crippen MR) is 96.0 cm³/mol. The van der Waals surface area contributed by atoms with Gasteiger partial charge in [0.1, 0.15) is 0 Å². The first-order chi connectivity index (χ1) is 11.1. The highest BCUT2D eigenvalue weighted by atomic mass is 35.5. The van der Waals surface area contributed by atoms with E-state index in [9.17, 15) is 18.3 Å². The molecule has 2 aromatic rings. The fourth-order valence-corrected chi connectivity index (χ4v) is 4.38. The fraction of sp³-hybridized carbons (Fsp3) is 0.154. The van der Waals surface area contributed by atoms with Crippen LogP contribution >= 0.6 is 34.5 Å². The van der Waals surface area contributed by atoms with Gasteiger partial charge in [0.05, 0.1) is 21.4 Å². The molecule has 11 heteroatoms. The standard InChI is InChI=1S/C13H13Cl2N3O4S2/c1-18(2)24(21,22)12-11(19)9(6-23-12)17-13(20)16-8-5-3-4-7(14)10(8)15/h3-6,19H,1-2H3,(H2,16,17,20). The number of thiophene rings is 1. The van der Waals surface area contributed by atoms with E-state index >= 15 is 0 Å². The van der Waals surface area contributed by atoms with Gasteiger partial charge in [0.15, 0.2) is 9.96 Å². The molecular weight excluding hydrogens is 397 g/mol. The Morgan fingerprint density at radius 1 is 1.21 bits per heavy atom. The smallest absolute Gasteiger partial charge is 0.323 e. The molecule has 0 aliphatic carbocycles. The molecule has 0 saturated heterocycles. The lowest BCUT2D eigenvalue weighted by atomic mass is 10.3. The fourth-order valence-electron chi connectivity index (χ4n) is 1.65. The average molecular weight is 410 g/mol. The predicted octanol–water partition coefficient (Wildman–Crippen LogP) is 3.65. The van der Waals surface area contributed by atoms with E-state index < -0.39 is 21.8 Å². The van der Waals surface area contributed by atoms with Gasteiger partial charge in [-0.25, -0.2) is 17.5 Å². The molecule has 2 rings (SSSR count). The highest BCUT2D eigenvalue weighted by Gasteiger charge is 2.26. The zero-order valence-electron chi connectivity index (χ0n) is 12.5. The van der Waals surface area contributed by atoms with Gasteiger partial charge in [0, 0.05) is 19.5 Å². The van der Waals surface area contributed by atoms with Gasteiger partial charge in [-0.05, 0) is 12.1 Å². The zero-order chi connectivity index (χ0) is 18.1. The number of aromatic hydroxyl groups is 1. The van der Waals surface area contributed by atoms with Gasteiger partial charge in [-0.2, -0.15) is 0 Å². The van der Waals surface area contributed by atoms with Crippen LogP contribution in [0.1, 0.15) is 0 Å². The molecule has 24 heavy (non-hydrogen) atoms. The molecule has 0 aliphatic heterocycles. The lowest BCUT2D eigenvalue weighted by molar-refractivity contribution is 0.262. The van der Waals surface area contributed by atoms with Crippen LogP contribution in [0.5, 0.6) is 5.75 Å². The van der Waals surface area contributed by atoms with Crippen molar-refractivity contribution >= 4 is 62.0 Å². The number of carbonyl (C=O) groups excluding carboxylic acids is 1. The van der Waals surface area contributed by atoms with Crippen molar-refractivity contribution in [1.82, 2.24) is 4.31 Å². The highest BCUT2D eigenvalue weighted by Crippen LogP contribution is 2.38. The van der Waals surface area contributed by atoms with Crippen molar-refractivity contribution in [2.45, 2.75) is 4.21 Å². The second kappa shape index (κ2) is 7.16. The first kappa shape index (κ1) is 18.8. The van der Waals surface area contributed by atoms with Crippen molar-refractivity contribution < 1.29 is 18.3 Å². The van der Waals surface area contributed by atoms with Crippen LogP contribution in [0.3, 0.4) is 0 Å². The molecule has 0 spiro atoms. The molecule has 0 atom stereocenters. The van der Waals surface area contributed by atoms with E-state index in [0.29, 0.717) is 0 Å². The largest absolute Gasteiger partial charge is 0.504 e. The molecule has 130 valence electrons. The maximum Gasteiger partial charge on any atom is 0.323 e. The number of nitrogens with one attached hydrogen (secondary N) is 2. The Balaban J connectivity index is 2.19. The summed E-state index contributed by atoms with van der Waals surface area (Å²) in [5.74, 6) is -0.527. The van der Waals surface area contributed by atoms with E-state index in [2.05, 4.69) is 10.6 Å². The van der Waals surface area contributed by atoms with Crippen molar-refractivity contribution in [2.75, 3.05) is 24.7 Å². The van der Waals surface area contributed by atoms with Gasteiger partial charge in [0.2, 0.25) is 0 Å². The van der Waals surface area contributed by atoms with E-state index in [-0.39, 0.29) is 25.6 Å². The van der Waals surface area contributed by atoms with Crippen LogP contribution in [0.25, 0.3) is 0 Å². The SMILES string of the molecule is CN(C)S(=O)(=O)c1scc(NC(=O)Nc2cccc(Cl)c2Cl)c1O. The van der Waals surface area contributed by atoms with Crippen LogP contribution in [-0.2, 0) is 10.0 Å². The second-order valence-electron chi connectivity index (χ2n) is 4.75. The number of rotatable bonds is 4. The number of carbonyl (C=O) groups is 1. The molecule has 1 aromatic carbocycles. The number of amides is 2. The highest BCUT2D eigenvalue weighted by molar-refractivity contribution is 7.91. The summed E-state index contributed by atoms with van der Waals surface area (Å²) in [6, 6.07) is 4.01. The molecule has 0 fully saturated rings. The Morgan fingerprint density at radius 2 is 1.83 bits per heavy atom. The number of hydrogen-bond acceptors (Lipinski definition) is 5. The van der Waals surface area contributed by atoms with Gasteiger partial charge >= 0.3 is 6.03 Å². The quantitative estimate of drug-likeness (QED) is 0.717. The minimum atomic E-state index is -3.80. The molecular formula is C13H13Cl2N3O4S2. The number of anilines is 2. The topological polar surface area (TPSA) is 98.7 Å². The van der Waals surface area contributed by atoms with Crippen LogP contribution in [0, 0.1) is 0 Å². The van der Waals surface area contributed by atoms with Crippen molar-refractivity contribution in [3.8, 4) is 5.75 Å². The van der Waals surface area contributed by atoms with Gasteiger partial charge in [0.25, 0.3) is 10.0 Å². The lowest BCUT2D eigenvalue weighted by Gasteiger charge is -2.11. The average Bonchev–Trinajstić information content (AvgIpc) is 2.85.